The van der Waals surface area contributed by atoms with Crippen LogP contribution < -0.4 is 17.2 Å². The summed E-state index contributed by atoms with van der Waals surface area (Å²) in [5, 5.41) is 8.72. The van der Waals surface area contributed by atoms with Crippen LogP contribution >= 0.6 is 0 Å². The van der Waals surface area contributed by atoms with Gasteiger partial charge in [0, 0.05) is 6.42 Å². The molecule has 1 amide bonds. The average molecular weight is 216 g/mol. The molecule has 0 aromatic rings. The Kier molecular flexibility index (Phi) is 5.84. The summed E-state index contributed by atoms with van der Waals surface area (Å²) in [6.45, 7) is 0. The van der Waals surface area contributed by atoms with Gasteiger partial charge in [-0.3, -0.25) is 4.79 Å². The van der Waals surface area contributed by atoms with E-state index in [4.69, 9.17) is 22.3 Å². The highest BCUT2D eigenvalue weighted by Crippen LogP contribution is 2.06. The molecule has 0 rings (SSSR count). The quantitative estimate of drug-likeness (QED) is 0.239. The summed E-state index contributed by atoms with van der Waals surface area (Å²) in [6, 6.07) is -0.942. The monoisotopic (exact) mass is 216 g/mol. The first-order valence-electron chi connectivity index (χ1n) is 4.53. The fourth-order valence-electron chi connectivity index (χ4n) is 1.06. The molecular formula is C8H16N4O3. The summed E-state index contributed by atoms with van der Waals surface area (Å²) in [4.78, 5) is 24.6. The standard InChI is InChI=1S/C8H16N4O3/c9-6(13)4-2-1-3-5(7(14)15)12-8(10)11/h5H,1-4H2,(H2,9,13)(H,14,15)(H4,10,11,12). The van der Waals surface area contributed by atoms with Crippen molar-refractivity contribution in [3.63, 3.8) is 0 Å². The predicted molar refractivity (Wildman–Crippen MR) is 54.9 cm³/mol. The number of amides is 1. The van der Waals surface area contributed by atoms with E-state index in [9.17, 15) is 9.59 Å². The van der Waals surface area contributed by atoms with Crippen LogP contribution in [0, 0.1) is 0 Å². The molecule has 0 aliphatic rings. The second-order valence-corrected chi connectivity index (χ2v) is 3.12. The Morgan fingerprint density at radius 1 is 1.20 bits per heavy atom. The fraction of sp³-hybridized carbons (Fsp3) is 0.625. The van der Waals surface area contributed by atoms with Crippen molar-refractivity contribution >= 4 is 17.8 Å². The summed E-state index contributed by atoms with van der Waals surface area (Å²) in [5.74, 6) is -1.73. The minimum Gasteiger partial charge on any atom is -0.480 e. The maximum atomic E-state index is 10.7. The van der Waals surface area contributed by atoms with Crippen LogP contribution in [0.2, 0.25) is 0 Å². The van der Waals surface area contributed by atoms with E-state index in [2.05, 4.69) is 4.99 Å². The number of carbonyl (C=O) groups is 2. The molecular weight excluding hydrogens is 200 g/mol. The second kappa shape index (κ2) is 6.63. The van der Waals surface area contributed by atoms with Gasteiger partial charge in [0.25, 0.3) is 0 Å². The molecule has 0 bridgehead atoms. The maximum absolute atomic E-state index is 10.7. The van der Waals surface area contributed by atoms with Crippen molar-refractivity contribution < 1.29 is 14.7 Å². The van der Waals surface area contributed by atoms with Gasteiger partial charge in [0.2, 0.25) is 5.91 Å². The minimum absolute atomic E-state index is 0.244. The number of carboxylic acid groups (broad SMARTS) is 1. The first-order chi connectivity index (χ1) is 6.93. The molecule has 0 spiro atoms. The molecule has 0 fully saturated rings. The van der Waals surface area contributed by atoms with Gasteiger partial charge in [-0.1, -0.05) is 6.42 Å². The molecule has 15 heavy (non-hydrogen) atoms. The van der Waals surface area contributed by atoms with E-state index in [1.165, 1.54) is 0 Å². The molecule has 0 saturated heterocycles. The molecule has 0 aliphatic heterocycles. The van der Waals surface area contributed by atoms with Crippen LogP contribution in [0.25, 0.3) is 0 Å². The van der Waals surface area contributed by atoms with E-state index in [1.807, 2.05) is 0 Å². The number of primary amides is 1. The number of hydrogen-bond acceptors (Lipinski definition) is 3. The SMILES string of the molecule is NC(=O)CCCCC(N=C(N)N)C(=O)O. The Balaban J connectivity index is 3.93. The summed E-state index contributed by atoms with van der Waals surface area (Å²) in [5.41, 5.74) is 15.1. The molecule has 0 aliphatic carbocycles. The summed E-state index contributed by atoms with van der Waals surface area (Å²) in [6.07, 6.45) is 1.62. The number of carbonyl (C=O) groups excluding carboxylic acids is 1. The first-order valence-corrected chi connectivity index (χ1v) is 4.53. The van der Waals surface area contributed by atoms with Crippen LogP contribution in [0.1, 0.15) is 25.7 Å². The van der Waals surface area contributed by atoms with Crippen molar-refractivity contribution in [3.05, 3.63) is 0 Å². The lowest BCUT2D eigenvalue weighted by Gasteiger charge is -2.06. The van der Waals surface area contributed by atoms with Crippen molar-refractivity contribution in [2.75, 3.05) is 0 Å². The van der Waals surface area contributed by atoms with E-state index < -0.39 is 17.9 Å². The lowest BCUT2D eigenvalue weighted by Crippen LogP contribution is -2.29. The number of rotatable bonds is 7. The van der Waals surface area contributed by atoms with Crippen molar-refractivity contribution in [1.82, 2.24) is 0 Å². The van der Waals surface area contributed by atoms with Gasteiger partial charge in [-0.05, 0) is 12.8 Å². The van der Waals surface area contributed by atoms with E-state index in [-0.39, 0.29) is 12.4 Å². The topological polar surface area (TPSA) is 145 Å². The molecule has 86 valence electrons. The number of aliphatic imine (C=N–C) groups is 1. The van der Waals surface area contributed by atoms with Gasteiger partial charge >= 0.3 is 5.97 Å². The normalized spacial score (nSPS) is 11.7. The van der Waals surface area contributed by atoms with Crippen LogP contribution in [0.4, 0.5) is 0 Å². The first kappa shape index (κ1) is 13.2. The molecule has 1 atom stereocenters. The number of nitrogens with two attached hydrogens (primary N) is 3. The number of aliphatic carboxylic acids is 1. The molecule has 7 nitrogen and oxygen atoms in total. The Morgan fingerprint density at radius 2 is 1.80 bits per heavy atom. The van der Waals surface area contributed by atoms with Gasteiger partial charge in [0.15, 0.2) is 12.0 Å². The van der Waals surface area contributed by atoms with Gasteiger partial charge in [0.1, 0.15) is 0 Å². The third-order valence-corrected chi connectivity index (χ3v) is 1.74. The summed E-state index contributed by atoms with van der Waals surface area (Å²) in [7, 11) is 0. The van der Waals surface area contributed by atoms with E-state index >= 15 is 0 Å². The van der Waals surface area contributed by atoms with Crippen molar-refractivity contribution in [2.24, 2.45) is 22.2 Å². The lowest BCUT2D eigenvalue weighted by molar-refractivity contribution is -0.138. The molecule has 0 aromatic carbocycles. The minimum atomic E-state index is -1.08. The molecule has 0 aromatic heterocycles. The summed E-state index contributed by atoms with van der Waals surface area (Å²) < 4.78 is 0. The number of nitrogens with zero attached hydrogens (tertiary/aromatic N) is 1. The number of unbranched alkanes of at least 4 members (excludes halogenated alkanes) is 1. The summed E-state index contributed by atoms with van der Waals surface area (Å²) >= 11 is 0. The third kappa shape index (κ3) is 7.29. The molecule has 7 N–H and O–H groups in total. The highest BCUT2D eigenvalue weighted by atomic mass is 16.4. The second-order valence-electron chi connectivity index (χ2n) is 3.12. The molecule has 1 unspecified atom stereocenters. The Hall–Kier alpha value is -1.79. The average Bonchev–Trinajstić information content (AvgIpc) is 2.08. The third-order valence-electron chi connectivity index (χ3n) is 1.74. The molecule has 0 heterocycles. The highest BCUT2D eigenvalue weighted by Gasteiger charge is 2.15. The number of guanidine groups is 1. The van der Waals surface area contributed by atoms with Crippen LogP contribution in [-0.4, -0.2) is 29.0 Å². The predicted octanol–water partition coefficient (Wildman–Crippen LogP) is -1.24. The number of hydrogen-bond donors (Lipinski definition) is 4. The van der Waals surface area contributed by atoms with Gasteiger partial charge in [0.05, 0.1) is 0 Å². The molecule has 7 heteroatoms. The van der Waals surface area contributed by atoms with Crippen LogP contribution in [-0.2, 0) is 9.59 Å². The highest BCUT2D eigenvalue weighted by molar-refractivity contribution is 5.81. The van der Waals surface area contributed by atoms with E-state index in [0.29, 0.717) is 19.3 Å². The van der Waals surface area contributed by atoms with Crippen molar-refractivity contribution in [3.8, 4) is 0 Å². The molecule has 0 saturated carbocycles. The largest absolute Gasteiger partial charge is 0.480 e. The van der Waals surface area contributed by atoms with Gasteiger partial charge in [-0.25, -0.2) is 9.79 Å². The Labute approximate surface area is 87.3 Å². The Morgan fingerprint density at radius 3 is 2.20 bits per heavy atom. The molecule has 0 radical (unpaired) electrons. The van der Waals surface area contributed by atoms with Gasteiger partial charge < -0.3 is 22.3 Å². The van der Waals surface area contributed by atoms with Gasteiger partial charge in [-0.15, -0.1) is 0 Å². The lowest BCUT2D eigenvalue weighted by atomic mass is 10.1. The van der Waals surface area contributed by atoms with Crippen LogP contribution in [0.15, 0.2) is 4.99 Å². The fourth-order valence-corrected chi connectivity index (χ4v) is 1.06. The maximum Gasteiger partial charge on any atom is 0.328 e. The zero-order chi connectivity index (χ0) is 11.8. The zero-order valence-corrected chi connectivity index (χ0v) is 8.35. The van der Waals surface area contributed by atoms with Crippen LogP contribution in [0.5, 0.6) is 0 Å². The zero-order valence-electron chi connectivity index (χ0n) is 8.35. The van der Waals surface area contributed by atoms with Gasteiger partial charge in [-0.2, -0.15) is 0 Å². The Bertz CT molecular complexity index is 261. The smallest absolute Gasteiger partial charge is 0.328 e. The van der Waals surface area contributed by atoms with E-state index in [1.54, 1.807) is 0 Å². The van der Waals surface area contributed by atoms with Crippen molar-refractivity contribution in [2.45, 2.75) is 31.7 Å². The van der Waals surface area contributed by atoms with Crippen LogP contribution in [0.3, 0.4) is 0 Å². The van der Waals surface area contributed by atoms with E-state index in [0.717, 1.165) is 0 Å². The van der Waals surface area contributed by atoms with Crippen molar-refractivity contribution in [1.29, 1.82) is 0 Å². The number of carboxylic acids is 1.